The molecule has 0 aliphatic carbocycles. The zero-order valence-corrected chi connectivity index (χ0v) is 21.8. The summed E-state index contributed by atoms with van der Waals surface area (Å²) in [6.07, 6.45) is -3.38. The Balaban J connectivity index is -0.0000000701. The van der Waals surface area contributed by atoms with Crippen LogP contribution < -0.4 is 104 Å². The fourth-order valence-corrected chi connectivity index (χ4v) is 0.907. The molecule has 4 N–H and O–H groups in total. The molecule has 0 bridgehead atoms. The number of carboxylic acid groups (broad SMARTS) is 6. The van der Waals surface area contributed by atoms with Crippen LogP contribution in [0, 0.1) is 0 Å². The van der Waals surface area contributed by atoms with Crippen LogP contribution in [-0.4, -0.2) is 61.8 Å². The molecule has 0 heterocycles. The monoisotopic (exact) mass is 436 g/mol. The van der Waals surface area contributed by atoms with Crippen LogP contribution in [0.3, 0.4) is 0 Å². The SMILES string of the molecule is CC(=O)O.O=C([O-])CC(O)(CC(=O)O)C(=O)O.O=C([O-])CCC(=O)[O-].[Na+].[Na+].[Na+]. The number of aliphatic hydroxyl groups is 1. The van der Waals surface area contributed by atoms with Gasteiger partial charge < -0.3 is 50.1 Å². The molecular formula is C12H15Na3O13. The molecule has 0 aliphatic heterocycles. The van der Waals surface area contributed by atoms with E-state index in [9.17, 15) is 39.3 Å². The van der Waals surface area contributed by atoms with Gasteiger partial charge in [0.1, 0.15) is 0 Å². The molecule has 0 spiro atoms. The second kappa shape index (κ2) is 23.1. The average molecular weight is 436 g/mol. The summed E-state index contributed by atoms with van der Waals surface area (Å²) in [4.78, 5) is 58.3. The number of hydrogen-bond donors (Lipinski definition) is 4. The van der Waals surface area contributed by atoms with E-state index in [1.165, 1.54) is 0 Å². The first-order valence-electron chi connectivity index (χ1n) is 6.10. The van der Waals surface area contributed by atoms with Gasteiger partial charge in [-0.2, -0.15) is 0 Å². The maximum atomic E-state index is 10.3. The number of hydrogen-bond acceptors (Lipinski definition) is 10. The van der Waals surface area contributed by atoms with Gasteiger partial charge in [-0.1, -0.05) is 0 Å². The molecule has 13 nitrogen and oxygen atoms in total. The van der Waals surface area contributed by atoms with Gasteiger partial charge in [0.2, 0.25) is 0 Å². The van der Waals surface area contributed by atoms with E-state index in [0.29, 0.717) is 0 Å². The maximum absolute atomic E-state index is 10.3. The van der Waals surface area contributed by atoms with Crippen molar-refractivity contribution in [2.75, 3.05) is 0 Å². The molecule has 0 aromatic rings. The standard InChI is InChI=1S/C6H8O7.C4H6O4.C2H4O2.3Na/c7-3(8)1-6(13,5(11)12)2-4(9)10;5-3(6)1-2-4(7)8;1-2(3)4;;;/h13H,1-2H2,(H,7,8)(H,9,10)(H,11,12);1-2H2,(H,5,6)(H,7,8);1H3,(H,3,4);;;/q;;;3*+1/p-3. The quantitative estimate of drug-likeness (QED) is 0.258. The topological polar surface area (TPSA) is 253 Å². The molecule has 28 heavy (non-hydrogen) atoms. The zero-order valence-electron chi connectivity index (χ0n) is 15.8. The van der Waals surface area contributed by atoms with Crippen LogP contribution in [0.5, 0.6) is 0 Å². The third-order valence-electron chi connectivity index (χ3n) is 1.81. The van der Waals surface area contributed by atoms with E-state index in [2.05, 4.69) is 0 Å². The van der Waals surface area contributed by atoms with E-state index in [-0.39, 0.29) is 88.7 Å². The van der Waals surface area contributed by atoms with Crippen molar-refractivity contribution in [3.8, 4) is 0 Å². The Bertz CT molecular complexity index is 487. The van der Waals surface area contributed by atoms with Crippen molar-refractivity contribution in [2.45, 2.75) is 38.2 Å². The molecule has 0 rings (SSSR count). The minimum absolute atomic E-state index is 0. The number of aliphatic carboxylic acids is 6. The zero-order chi connectivity index (χ0) is 20.8. The number of carboxylic acids is 6. The van der Waals surface area contributed by atoms with Crippen molar-refractivity contribution in [1.82, 2.24) is 0 Å². The molecule has 1 unspecified atom stereocenters. The minimum Gasteiger partial charge on any atom is -0.550 e. The van der Waals surface area contributed by atoms with Crippen LogP contribution in [0.1, 0.15) is 32.6 Å². The van der Waals surface area contributed by atoms with Crippen molar-refractivity contribution < 1.29 is 153 Å². The molecule has 0 saturated heterocycles. The largest absolute Gasteiger partial charge is 1.00 e. The van der Waals surface area contributed by atoms with Crippen molar-refractivity contribution >= 4 is 35.8 Å². The average Bonchev–Trinajstić information content (AvgIpc) is 2.34. The Morgan fingerprint density at radius 2 is 1.00 bits per heavy atom. The first-order chi connectivity index (χ1) is 11.1. The van der Waals surface area contributed by atoms with Gasteiger partial charge in [0.25, 0.3) is 5.97 Å². The Hall–Kier alpha value is -0.220. The third-order valence-corrected chi connectivity index (χ3v) is 1.81. The normalized spacial score (nSPS) is 10.1. The van der Waals surface area contributed by atoms with Crippen LogP contribution >= 0.6 is 0 Å². The molecule has 0 radical (unpaired) electrons. The summed E-state index contributed by atoms with van der Waals surface area (Å²) in [7, 11) is 0. The Morgan fingerprint density at radius 1 is 0.714 bits per heavy atom. The van der Waals surface area contributed by atoms with Crippen molar-refractivity contribution in [2.24, 2.45) is 0 Å². The molecule has 0 aromatic heterocycles. The van der Waals surface area contributed by atoms with Gasteiger partial charge in [-0.05, 0) is 12.8 Å². The molecule has 0 aliphatic rings. The second-order valence-electron chi connectivity index (χ2n) is 4.22. The van der Waals surface area contributed by atoms with Gasteiger partial charge >= 0.3 is 101 Å². The molecule has 0 amide bonds. The van der Waals surface area contributed by atoms with Crippen molar-refractivity contribution in [3.63, 3.8) is 0 Å². The first-order valence-corrected chi connectivity index (χ1v) is 6.10. The van der Waals surface area contributed by atoms with E-state index in [4.69, 9.17) is 25.2 Å². The molecule has 1 atom stereocenters. The summed E-state index contributed by atoms with van der Waals surface area (Å²) in [5, 5.41) is 61.9. The van der Waals surface area contributed by atoms with E-state index in [0.717, 1.165) is 6.92 Å². The predicted molar refractivity (Wildman–Crippen MR) is 67.0 cm³/mol. The van der Waals surface area contributed by atoms with E-state index >= 15 is 0 Å². The third kappa shape index (κ3) is 36.7. The van der Waals surface area contributed by atoms with E-state index in [1.807, 2.05) is 0 Å². The molecule has 16 heteroatoms. The van der Waals surface area contributed by atoms with Crippen molar-refractivity contribution in [1.29, 1.82) is 0 Å². The molecule has 0 aromatic carbocycles. The van der Waals surface area contributed by atoms with E-state index in [1.54, 1.807) is 0 Å². The second-order valence-corrected chi connectivity index (χ2v) is 4.22. The number of rotatable bonds is 8. The summed E-state index contributed by atoms with van der Waals surface area (Å²) in [6.45, 7) is 1.08. The fourth-order valence-electron chi connectivity index (χ4n) is 0.907. The Labute approximate surface area is 225 Å². The van der Waals surface area contributed by atoms with Crippen LogP contribution in [0.15, 0.2) is 0 Å². The van der Waals surface area contributed by atoms with Crippen LogP contribution in [0.2, 0.25) is 0 Å². The predicted octanol–water partition coefficient (Wildman–Crippen LogP) is -14.2. The van der Waals surface area contributed by atoms with Gasteiger partial charge in [-0.3, -0.25) is 9.59 Å². The van der Waals surface area contributed by atoms with E-state index < -0.39 is 67.1 Å². The van der Waals surface area contributed by atoms with Gasteiger partial charge in [0.15, 0.2) is 5.60 Å². The number of carbonyl (C=O) groups excluding carboxylic acids is 3. The summed E-state index contributed by atoms with van der Waals surface area (Å²) < 4.78 is 0. The van der Waals surface area contributed by atoms with Crippen LogP contribution in [-0.2, 0) is 28.8 Å². The minimum atomic E-state index is -2.80. The maximum Gasteiger partial charge on any atom is 1.00 e. The van der Waals surface area contributed by atoms with Gasteiger partial charge in [-0.15, -0.1) is 0 Å². The Kier molecular flexibility index (Phi) is 34.6. The van der Waals surface area contributed by atoms with Gasteiger partial charge in [0, 0.05) is 31.3 Å². The summed E-state index contributed by atoms with van der Waals surface area (Å²) >= 11 is 0. The summed E-state index contributed by atoms with van der Waals surface area (Å²) in [5.74, 6) is -8.90. The summed E-state index contributed by atoms with van der Waals surface area (Å²) in [6, 6.07) is 0. The van der Waals surface area contributed by atoms with Crippen molar-refractivity contribution in [3.05, 3.63) is 0 Å². The smallest absolute Gasteiger partial charge is 0.550 e. The molecule has 0 saturated carbocycles. The van der Waals surface area contributed by atoms with Crippen LogP contribution in [0.25, 0.3) is 0 Å². The Morgan fingerprint density at radius 3 is 1.14 bits per heavy atom. The molecule has 0 fully saturated rings. The number of carbonyl (C=O) groups is 6. The van der Waals surface area contributed by atoms with Gasteiger partial charge in [-0.25, -0.2) is 4.79 Å². The van der Waals surface area contributed by atoms with Crippen LogP contribution in [0.4, 0.5) is 0 Å². The van der Waals surface area contributed by atoms with Gasteiger partial charge in [0.05, 0.1) is 6.42 Å². The molecular weight excluding hydrogens is 421 g/mol. The fraction of sp³-hybridized carbons (Fsp3) is 0.500. The summed E-state index contributed by atoms with van der Waals surface area (Å²) in [5.41, 5.74) is -2.80. The first kappa shape index (κ1) is 42.0. The molecule has 144 valence electrons.